The van der Waals surface area contributed by atoms with E-state index in [-0.39, 0.29) is 4.90 Å². The minimum Gasteiger partial charge on any atom is -0.494 e. The molecule has 0 bridgehead atoms. The number of carbonyl (C=O) groups is 1. The fourth-order valence-corrected chi connectivity index (χ4v) is 3.81. The van der Waals surface area contributed by atoms with Gasteiger partial charge in [0.05, 0.1) is 17.5 Å². The second-order valence-corrected chi connectivity index (χ2v) is 7.81. The van der Waals surface area contributed by atoms with Gasteiger partial charge in [-0.2, -0.15) is 4.72 Å². The van der Waals surface area contributed by atoms with Crippen molar-refractivity contribution in [3.05, 3.63) is 42.5 Å². The van der Waals surface area contributed by atoms with Gasteiger partial charge in [-0.15, -0.1) is 0 Å². The van der Waals surface area contributed by atoms with Crippen molar-refractivity contribution in [1.29, 1.82) is 0 Å². The molecule has 9 heteroatoms. The standard InChI is InChI=1S/C19H22N2O6S/c1-3-25-15-5-7-16(8-6-15)28(23,24)21-13(2)19(22)20-14-4-9-17-18(12-14)27-11-10-26-17/h4-9,12-13,21H,3,10-11H2,1-2H3,(H,20,22)/t13-/m1/s1. The van der Waals surface area contributed by atoms with Crippen LogP contribution >= 0.6 is 0 Å². The van der Waals surface area contributed by atoms with Crippen LogP contribution in [0, 0.1) is 0 Å². The molecule has 1 aliphatic heterocycles. The fourth-order valence-electron chi connectivity index (χ4n) is 2.61. The van der Waals surface area contributed by atoms with Crippen molar-refractivity contribution in [2.75, 3.05) is 25.1 Å². The molecule has 8 nitrogen and oxygen atoms in total. The number of hydrogen-bond donors (Lipinski definition) is 2. The van der Waals surface area contributed by atoms with E-state index in [1.54, 1.807) is 30.3 Å². The van der Waals surface area contributed by atoms with Gasteiger partial charge in [-0.25, -0.2) is 8.42 Å². The van der Waals surface area contributed by atoms with E-state index in [0.717, 1.165) is 0 Å². The van der Waals surface area contributed by atoms with Crippen LogP contribution in [-0.2, 0) is 14.8 Å². The maximum Gasteiger partial charge on any atom is 0.242 e. The normalized spacial score (nSPS) is 14.2. The van der Waals surface area contributed by atoms with E-state index >= 15 is 0 Å². The first-order valence-electron chi connectivity index (χ1n) is 8.85. The third-order valence-electron chi connectivity index (χ3n) is 3.98. The summed E-state index contributed by atoms with van der Waals surface area (Å²) in [7, 11) is -3.85. The minimum atomic E-state index is -3.85. The Hall–Kier alpha value is -2.78. The van der Waals surface area contributed by atoms with Crippen molar-refractivity contribution in [3.63, 3.8) is 0 Å². The van der Waals surface area contributed by atoms with Crippen LogP contribution in [0.3, 0.4) is 0 Å². The molecule has 2 aromatic carbocycles. The van der Waals surface area contributed by atoms with Crippen LogP contribution in [0.1, 0.15) is 13.8 Å². The van der Waals surface area contributed by atoms with Gasteiger partial charge in [0.25, 0.3) is 0 Å². The third kappa shape index (κ3) is 4.73. The molecule has 28 heavy (non-hydrogen) atoms. The second kappa shape index (κ2) is 8.49. The lowest BCUT2D eigenvalue weighted by Crippen LogP contribution is -2.41. The second-order valence-electron chi connectivity index (χ2n) is 6.10. The van der Waals surface area contributed by atoms with Crippen molar-refractivity contribution in [2.45, 2.75) is 24.8 Å². The molecule has 0 radical (unpaired) electrons. The van der Waals surface area contributed by atoms with Gasteiger partial charge in [0.2, 0.25) is 15.9 Å². The molecule has 1 aliphatic rings. The molecule has 2 aromatic rings. The van der Waals surface area contributed by atoms with Gasteiger partial charge in [-0.3, -0.25) is 4.79 Å². The summed E-state index contributed by atoms with van der Waals surface area (Å²) in [6, 6.07) is 10.0. The summed E-state index contributed by atoms with van der Waals surface area (Å²) in [4.78, 5) is 12.4. The SMILES string of the molecule is CCOc1ccc(S(=O)(=O)N[C@H](C)C(=O)Nc2ccc3c(c2)OCCO3)cc1. The van der Waals surface area contributed by atoms with Crippen molar-refractivity contribution in [1.82, 2.24) is 4.72 Å². The summed E-state index contributed by atoms with van der Waals surface area (Å²) >= 11 is 0. The van der Waals surface area contributed by atoms with Crippen LogP contribution < -0.4 is 24.2 Å². The predicted octanol–water partition coefficient (Wildman–Crippen LogP) is 2.16. The summed E-state index contributed by atoms with van der Waals surface area (Å²) < 4.78 is 43.6. The van der Waals surface area contributed by atoms with E-state index < -0.39 is 22.0 Å². The Morgan fingerprint density at radius 3 is 2.46 bits per heavy atom. The molecular formula is C19H22N2O6S. The Morgan fingerprint density at radius 2 is 1.79 bits per heavy atom. The highest BCUT2D eigenvalue weighted by Gasteiger charge is 2.23. The van der Waals surface area contributed by atoms with Gasteiger partial charge in [0, 0.05) is 11.8 Å². The number of benzene rings is 2. The first-order chi connectivity index (χ1) is 13.4. The molecule has 0 spiro atoms. The Morgan fingerprint density at radius 1 is 1.11 bits per heavy atom. The zero-order valence-electron chi connectivity index (χ0n) is 15.6. The predicted molar refractivity (Wildman–Crippen MR) is 103 cm³/mol. The first kappa shape index (κ1) is 20.0. The first-order valence-corrected chi connectivity index (χ1v) is 10.3. The van der Waals surface area contributed by atoms with Crippen LogP contribution in [0.5, 0.6) is 17.2 Å². The van der Waals surface area contributed by atoms with Crippen molar-refractivity contribution in [3.8, 4) is 17.2 Å². The number of anilines is 1. The highest BCUT2D eigenvalue weighted by Crippen LogP contribution is 2.32. The molecule has 0 fully saturated rings. The topological polar surface area (TPSA) is 103 Å². The fraction of sp³-hybridized carbons (Fsp3) is 0.316. The Kier molecular flexibility index (Phi) is 6.05. The highest BCUT2D eigenvalue weighted by atomic mass is 32.2. The summed E-state index contributed by atoms with van der Waals surface area (Å²) in [5, 5.41) is 2.67. The molecule has 0 saturated heterocycles. The van der Waals surface area contributed by atoms with Crippen LogP contribution in [0.4, 0.5) is 5.69 Å². The maximum atomic E-state index is 12.5. The van der Waals surface area contributed by atoms with E-state index in [0.29, 0.717) is 42.8 Å². The molecule has 2 N–H and O–H groups in total. The van der Waals surface area contributed by atoms with Crippen LogP contribution in [0.15, 0.2) is 47.4 Å². The summed E-state index contributed by atoms with van der Waals surface area (Å²) in [6.07, 6.45) is 0. The number of rotatable bonds is 7. The van der Waals surface area contributed by atoms with Crippen molar-refractivity contribution < 1.29 is 27.4 Å². The molecule has 0 aliphatic carbocycles. The Balaban J connectivity index is 1.64. The molecule has 0 saturated carbocycles. The van der Waals surface area contributed by atoms with Gasteiger partial charge in [0.15, 0.2) is 11.5 Å². The third-order valence-corrected chi connectivity index (χ3v) is 5.54. The number of nitrogens with one attached hydrogen (secondary N) is 2. The summed E-state index contributed by atoms with van der Waals surface area (Å²) in [5.41, 5.74) is 0.487. The number of hydrogen-bond acceptors (Lipinski definition) is 6. The van der Waals surface area contributed by atoms with Gasteiger partial charge in [0.1, 0.15) is 19.0 Å². The maximum absolute atomic E-state index is 12.5. The average Bonchev–Trinajstić information content (AvgIpc) is 2.68. The lowest BCUT2D eigenvalue weighted by atomic mass is 10.2. The minimum absolute atomic E-state index is 0.0509. The Bertz CT molecular complexity index is 943. The summed E-state index contributed by atoms with van der Waals surface area (Å²) in [5.74, 6) is 1.22. The van der Waals surface area contributed by atoms with E-state index in [2.05, 4.69) is 10.0 Å². The van der Waals surface area contributed by atoms with Gasteiger partial charge < -0.3 is 19.5 Å². The summed E-state index contributed by atoms with van der Waals surface area (Å²) in [6.45, 7) is 4.71. The monoisotopic (exact) mass is 406 g/mol. The van der Waals surface area contributed by atoms with Crippen LogP contribution in [0.2, 0.25) is 0 Å². The number of amides is 1. The van der Waals surface area contributed by atoms with Crippen LogP contribution in [-0.4, -0.2) is 40.2 Å². The lowest BCUT2D eigenvalue weighted by Gasteiger charge is -2.19. The Labute approximate surface area is 163 Å². The van der Waals surface area contributed by atoms with E-state index in [4.69, 9.17) is 14.2 Å². The van der Waals surface area contributed by atoms with E-state index in [9.17, 15) is 13.2 Å². The van der Waals surface area contributed by atoms with Gasteiger partial charge in [-0.1, -0.05) is 0 Å². The van der Waals surface area contributed by atoms with E-state index in [1.165, 1.54) is 19.1 Å². The smallest absolute Gasteiger partial charge is 0.242 e. The number of ether oxygens (including phenoxy) is 3. The molecule has 150 valence electrons. The van der Waals surface area contributed by atoms with E-state index in [1.807, 2.05) is 6.92 Å². The zero-order valence-corrected chi connectivity index (χ0v) is 16.4. The number of carbonyl (C=O) groups excluding carboxylic acids is 1. The number of sulfonamides is 1. The molecule has 1 heterocycles. The molecule has 3 rings (SSSR count). The van der Waals surface area contributed by atoms with Gasteiger partial charge in [-0.05, 0) is 50.2 Å². The number of fused-ring (bicyclic) bond motifs is 1. The molecule has 0 aromatic heterocycles. The van der Waals surface area contributed by atoms with Crippen LogP contribution in [0.25, 0.3) is 0 Å². The zero-order chi connectivity index (χ0) is 20.1. The molecule has 1 amide bonds. The highest BCUT2D eigenvalue weighted by molar-refractivity contribution is 7.89. The lowest BCUT2D eigenvalue weighted by molar-refractivity contribution is -0.117. The van der Waals surface area contributed by atoms with Crippen molar-refractivity contribution >= 4 is 21.6 Å². The molecule has 1 atom stereocenters. The average molecular weight is 406 g/mol. The molecule has 0 unspecified atom stereocenters. The molecular weight excluding hydrogens is 384 g/mol. The largest absolute Gasteiger partial charge is 0.494 e. The quantitative estimate of drug-likeness (QED) is 0.730. The van der Waals surface area contributed by atoms with Crippen molar-refractivity contribution in [2.24, 2.45) is 0 Å². The van der Waals surface area contributed by atoms with Gasteiger partial charge >= 0.3 is 0 Å².